The first kappa shape index (κ1) is 50.6. The van der Waals surface area contributed by atoms with Gasteiger partial charge in [-0.2, -0.15) is 19.9 Å². The molecule has 0 fully saturated rings. The molecule has 0 saturated heterocycles. The van der Waals surface area contributed by atoms with E-state index in [1.165, 1.54) is 0 Å². The fourth-order valence-electron chi connectivity index (χ4n) is 11.7. The van der Waals surface area contributed by atoms with Crippen LogP contribution in [-0.2, 0) is 0 Å². The highest BCUT2D eigenvalue weighted by Gasteiger charge is 2.24. The Morgan fingerprint density at radius 1 is 0.241 bits per heavy atom. The van der Waals surface area contributed by atoms with E-state index in [0.717, 1.165) is 117 Å². The number of nitrogens with zero attached hydrogens (tertiary/aromatic N) is 12. The number of benzene rings is 9. The third kappa shape index (κ3) is 9.36. The van der Waals surface area contributed by atoms with Crippen molar-refractivity contribution in [2.75, 3.05) is 4.90 Å². The summed E-state index contributed by atoms with van der Waals surface area (Å²) in [6.07, 6.45) is 5.60. The maximum atomic E-state index is 5.33. The van der Waals surface area contributed by atoms with Gasteiger partial charge in [-0.3, -0.25) is 24.1 Å². The van der Waals surface area contributed by atoms with Crippen molar-refractivity contribution in [3.63, 3.8) is 0 Å². The van der Waals surface area contributed by atoms with E-state index in [1.807, 2.05) is 176 Å². The van der Waals surface area contributed by atoms with Gasteiger partial charge in [-0.15, -0.1) is 0 Å². The van der Waals surface area contributed by atoms with Gasteiger partial charge in [-0.25, -0.2) is 9.97 Å². The number of para-hydroxylation sites is 1. The second-order valence-electron chi connectivity index (χ2n) is 21.1. The Morgan fingerprint density at radius 2 is 0.644 bits per heavy atom. The minimum absolute atomic E-state index is 0.484. The summed E-state index contributed by atoms with van der Waals surface area (Å²) in [7, 11) is 0. The topological polar surface area (TPSA) is 129 Å². The molecule has 0 aliphatic rings. The van der Waals surface area contributed by atoms with Crippen molar-refractivity contribution >= 4 is 60.7 Å². The molecule has 16 rings (SSSR count). The zero-order chi connectivity index (χ0) is 57.6. The van der Waals surface area contributed by atoms with Crippen LogP contribution in [0.15, 0.2) is 292 Å². The van der Waals surface area contributed by atoms with Crippen LogP contribution < -0.4 is 4.90 Å². The number of pyridine rings is 3. The summed E-state index contributed by atoms with van der Waals surface area (Å²) in [4.78, 5) is 48.3. The molecule has 408 valence electrons. The predicted octanol–water partition coefficient (Wildman–Crippen LogP) is 17.6. The summed E-state index contributed by atoms with van der Waals surface area (Å²) >= 11 is 0. The Kier molecular flexibility index (Phi) is 12.5. The first-order valence-electron chi connectivity index (χ1n) is 28.7. The van der Waals surface area contributed by atoms with Crippen LogP contribution in [-0.4, -0.2) is 54.0 Å². The second-order valence-corrected chi connectivity index (χ2v) is 21.1. The summed E-state index contributed by atoms with van der Waals surface area (Å²) in [6.45, 7) is 0. The molecule has 0 saturated carbocycles. The van der Waals surface area contributed by atoms with E-state index in [9.17, 15) is 0 Å². The molecule has 0 unspecified atom stereocenters. The third-order valence-electron chi connectivity index (χ3n) is 15.8. The Bertz CT molecular complexity index is 5000. The minimum atomic E-state index is 0.484. The minimum Gasteiger partial charge on any atom is -0.309 e. The molecule has 0 bridgehead atoms. The van der Waals surface area contributed by atoms with Crippen LogP contribution >= 0.6 is 0 Å². The van der Waals surface area contributed by atoms with Crippen LogP contribution in [0.5, 0.6) is 0 Å². The monoisotopic (exact) mass is 1120 g/mol. The summed E-state index contributed by atoms with van der Waals surface area (Å²) in [6, 6.07) is 93.0. The van der Waals surface area contributed by atoms with Crippen molar-refractivity contribution < 1.29 is 0 Å². The number of aromatic nitrogens is 11. The number of hydrogen-bond donors (Lipinski definition) is 0. The normalized spacial score (nSPS) is 11.4. The molecule has 87 heavy (non-hydrogen) atoms. The van der Waals surface area contributed by atoms with Crippen molar-refractivity contribution in [2.45, 2.75) is 0 Å². The van der Waals surface area contributed by atoms with Crippen LogP contribution in [0.1, 0.15) is 0 Å². The first-order chi connectivity index (χ1) is 43.1. The van der Waals surface area contributed by atoms with Gasteiger partial charge in [0.2, 0.25) is 11.9 Å². The number of anilines is 3. The first-order valence-corrected chi connectivity index (χ1v) is 28.7. The zero-order valence-corrected chi connectivity index (χ0v) is 46.6. The standard InChI is InChI=1S/C75H48N12/c1-5-21-49(22-6-1)70-79-71(50-23-7-2-8-24-50)82-74(81-70)86-66-36-14-13-33-59(66)61-46-69-62(47-68(61)86)60-45-55(37-40-67(60)87(69)75-83-72(51-25-9-3-10-26-51)80-73(84-75)52-27-11-4-12-28-52)65-39-38-58(48-78-65)85(56-31-19-29-53(43-56)63-34-15-17-41-76-63)57-32-20-30-54(44-57)64-35-16-18-42-77-64/h1-48H. The molecule has 9 aromatic carbocycles. The highest BCUT2D eigenvalue weighted by atomic mass is 15.2. The molecule has 0 aliphatic carbocycles. The quantitative estimate of drug-likeness (QED) is 0.117. The number of rotatable bonds is 12. The lowest BCUT2D eigenvalue weighted by molar-refractivity contribution is 0.951. The maximum absolute atomic E-state index is 5.33. The average molecular weight is 1120 g/mol. The van der Waals surface area contributed by atoms with Gasteiger partial charge < -0.3 is 4.90 Å². The second kappa shape index (κ2) is 21.6. The zero-order valence-electron chi connectivity index (χ0n) is 46.6. The smallest absolute Gasteiger partial charge is 0.238 e. The van der Waals surface area contributed by atoms with Crippen LogP contribution in [0, 0.1) is 0 Å². The third-order valence-corrected chi connectivity index (χ3v) is 15.8. The Labute approximate surface area is 499 Å². The Hall–Kier alpha value is -12.2. The fraction of sp³-hybridized carbons (Fsp3) is 0. The van der Waals surface area contributed by atoms with Gasteiger partial charge in [0.1, 0.15) is 0 Å². The van der Waals surface area contributed by atoms with Crippen molar-refractivity contribution in [3.05, 3.63) is 292 Å². The Morgan fingerprint density at radius 3 is 1.10 bits per heavy atom. The molecule has 7 aromatic heterocycles. The number of fused-ring (bicyclic) bond motifs is 6. The highest BCUT2D eigenvalue weighted by Crippen LogP contribution is 2.43. The van der Waals surface area contributed by atoms with Gasteiger partial charge in [0.25, 0.3) is 0 Å². The molecular weight excluding hydrogens is 1070 g/mol. The van der Waals surface area contributed by atoms with E-state index < -0.39 is 0 Å². The molecule has 0 radical (unpaired) electrons. The van der Waals surface area contributed by atoms with Gasteiger partial charge >= 0.3 is 0 Å². The molecule has 0 amide bonds. The number of hydrogen-bond acceptors (Lipinski definition) is 10. The van der Waals surface area contributed by atoms with Crippen LogP contribution in [0.3, 0.4) is 0 Å². The average Bonchev–Trinajstić information content (AvgIpc) is 1.62. The Balaban J connectivity index is 0.908. The maximum Gasteiger partial charge on any atom is 0.238 e. The fourth-order valence-corrected chi connectivity index (χ4v) is 11.7. The summed E-state index contributed by atoms with van der Waals surface area (Å²) in [5.74, 6) is 3.25. The molecule has 7 heterocycles. The van der Waals surface area contributed by atoms with E-state index in [0.29, 0.717) is 35.2 Å². The molecule has 12 nitrogen and oxygen atoms in total. The predicted molar refractivity (Wildman–Crippen MR) is 348 cm³/mol. The lowest BCUT2D eigenvalue weighted by Crippen LogP contribution is -2.10. The SMILES string of the molecule is c1ccc(-c2nc(-c3ccccc3)nc(-n3c4ccccc4c4cc5c(cc43)c3cc(-c4ccc(N(c6cccc(-c7ccccn7)c6)c6cccc(-c7ccccn7)c6)cn4)ccc3n5-c3nc(-c4ccccc4)nc(-c4ccccc4)n3)n2)cc1. The highest BCUT2D eigenvalue weighted by molar-refractivity contribution is 6.19. The van der Waals surface area contributed by atoms with Gasteiger partial charge in [-0.05, 0) is 91.0 Å². The molecule has 12 heteroatoms. The van der Waals surface area contributed by atoms with Gasteiger partial charge in [0, 0.05) is 84.3 Å². The van der Waals surface area contributed by atoms with Gasteiger partial charge in [0.05, 0.1) is 51.0 Å². The molecule has 0 atom stereocenters. The van der Waals surface area contributed by atoms with Crippen molar-refractivity contribution in [1.29, 1.82) is 0 Å². The van der Waals surface area contributed by atoms with Gasteiger partial charge in [-0.1, -0.05) is 182 Å². The van der Waals surface area contributed by atoms with Crippen LogP contribution in [0.25, 0.3) is 135 Å². The van der Waals surface area contributed by atoms with E-state index in [4.69, 9.17) is 44.9 Å². The molecule has 0 N–H and O–H groups in total. The van der Waals surface area contributed by atoms with Crippen molar-refractivity contribution in [1.82, 2.24) is 54.0 Å². The van der Waals surface area contributed by atoms with E-state index >= 15 is 0 Å². The largest absolute Gasteiger partial charge is 0.309 e. The molecule has 0 aliphatic heterocycles. The van der Waals surface area contributed by atoms with Crippen molar-refractivity contribution in [2.24, 2.45) is 0 Å². The van der Waals surface area contributed by atoms with E-state index in [2.05, 4.69) is 129 Å². The summed E-state index contributed by atoms with van der Waals surface area (Å²) < 4.78 is 4.35. The lowest BCUT2D eigenvalue weighted by Gasteiger charge is -2.26. The molecular formula is C75H48N12. The van der Waals surface area contributed by atoms with E-state index in [1.54, 1.807) is 0 Å². The van der Waals surface area contributed by atoms with E-state index in [-0.39, 0.29) is 0 Å². The van der Waals surface area contributed by atoms with Crippen molar-refractivity contribution in [3.8, 4) is 91.2 Å². The van der Waals surface area contributed by atoms with Crippen LogP contribution in [0.2, 0.25) is 0 Å². The molecule has 16 aromatic rings. The van der Waals surface area contributed by atoms with Crippen LogP contribution in [0.4, 0.5) is 17.1 Å². The van der Waals surface area contributed by atoms with Gasteiger partial charge in [0.15, 0.2) is 23.3 Å². The summed E-state index contributed by atoms with van der Waals surface area (Å²) in [5.41, 5.74) is 15.5. The summed E-state index contributed by atoms with van der Waals surface area (Å²) in [5, 5.41) is 3.98. The molecule has 0 spiro atoms. The lowest BCUT2D eigenvalue weighted by atomic mass is 10.0.